The highest BCUT2D eigenvalue weighted by atomic mass is 16.2. The molecule has 0 aliphatic heterocycles. The van der Waals surface area contributed by atoms with Crippen LogP contribution in [0.3, 0.4) is 0 Å². The number of hydrogen-bond acceptors (Lipinski definition) is 2. The average molecular weight is 393 g/mol. The SMILES string of the molecule is Cc1ccc(CC(=O)N(Cc2ccccc2C)C(C)C(=O)NC2CCCC2)cc1. The molecule has 4 heteroatoms. The maximum atomic E-state index is 13.2. The molecule has 0 aromatic heterocycles. The molecule has 0 heterocycles. The van der Waals surface area contributed by atoms with Crippen molar-refractivity contribution in [2.45, 2.75) is 71.5 Å². The van der Waals surface area contributed by atoms with E-state index in [-0.39, 0.29) is 17.9 Å². The minimum Gasteiger partial charge on any atom is -0.352 e. The highest BCUT2D eigenvalue weighted by molar-refractivity contribution is 5.88. The maximum Gasteiger partial charge on any atom is 0.242 e. The Hall–Kier alpha value is -2.62. The normalized spacial score (nSPS) is 15.1. The zero-order valence-electron chi connectivity index (χ0n) is 17.8. The summed E-state index contributed by atoms with van der Waals surface area (Å²) in [7, 11) is 0. The second-order valence-electron chi connectivity index (χ2n) is 8.28. The quantitative estimate of drug-likeness (QED) is 0.763. The molecule has 1 N–H and O–H groups in total. The Morgan fingerprint density at radius 1 is 1.03 bits per heavy atom. The molecule has 1 aliphatic rings. The molecular formula is C25H32N2O2. The maximum absolute atomic E-state index is 13.2. The Morgan fingerprint density at radius 2 is 1.69 bits per heavy atom. The summed E-state index contributed by atoms with van der Waals surface area (Å²) in [6, 6.07) is 15.8. The fraction of sp³-hybridized carbons (Fsp3) is 0.440. The van der Waals surface area contributed by atoms with Crippen molar-refractivity contribution in [3.05, 3.63) is 70.8 Å². The Balaban J connectivity index is 1.77. The van der Waals surface area contributed by atoms with E-state index in [2.05, 4.69) is 5.32 Å². The summed E-state index contributed by atoms with van der Waals surface area (Å²) < 4.78 is 0. The smallest absolute Gasteiger partial charge is 0.242 e. The van der Waals surface area contributed by atoms with Crippen molar-refractivity contribution >= 4 is 11.8 Å². The number of carbonyl (C=O) groups is 2. The lowest BCUT2D eigenvalue weighted by Gasteiger charge is -2.30. The van der Waals surface area contributed by atoms with E-state index in [0.29, 0.717) is 13.0 Å². The molecule has 4 nitrogen and oxygen atoms in total. The summed E-state index contributed by atoms with van der Waals surface area (Å²) >= 11 is 0. The molecule has 1 fully saturated rings. The molecule has 0 bridgehead atoms. The third-order valence-electron chi connectivity index (χ3n) is 5.95. The van der Waals surface area contributed by atoms with Crippen molar-refractivity contribution in [2.75, 3.05) is 0 Å². The van der Waals surface area contributed by atoms with Crippen molar-refractivity contribution in [1.29, 1.82) is 0 Å². The van der Waals surface area contributed by atoms with Crippen LogP contribution in [0.2, 0.25) is 0 Å². The summed E-state index contributed by atoms with van der Waals surface area (Å²) in [4.78, 5) is 27.9. The van der Waals surface area contributed by atoms with Crippen LogP contribution in [-0.4, -0.2) is 28.8 Å². The second-order valence-corrected chi connectivity index (χ2v) is 8.28. The summed E-state index contributed by atoms with van der Waals surface area (Å²) in [5, 5.41) is 3.15. The topological polar surface area (TPSA) is 49.4 Å². The molecule has 0 spiro atoms. The van der Waals surface area contributed by atoms with Gasteiger partial charge in [0.05, 0.1) is 6.42 Å². The Morgan fingerprint density at radius 3 is 2.34 bits per heavy atom. The predicted octanol–water partition coefficient (Wildman–Crippen LogP) is 4.32. The highest BCUT2D eigenvalue weighted by Gasteiger charge is 2.28. The van der Waals surface area contributed by atoms with Gasteiger partial charge in [-0.2, -0.15) is 0 Å². The van der Waals surface area contributed by atoms with Gasteiger partial charge in [-0.1, -0.05) is 66.9 Å². The molecule has 1 aliphatic carbocycles. The standard InChI is InChI=1S/C25H32N2O2/c1-18-12-14-21(15-13-18)16-24(28)27(17-22-9-5-4-8-19(22)2)20(3)25(29)26-23-10-6-7-11-23/h4-5,8-9,12-15,20,23H,6-7,10-11,16-17H2,1-3H3,(H,26,29). The number of benzene rings is 2. The zero-order valence-corrected chi connectivity index (χ0v) is 17.8. The minimum absolute atomic E-state index is 0.0221. The van der Waals surface area contributed by atoms with E-state index in [0.717, 1.165) is 29.5 Å². The summed E-state index contributed by atoms with van der Waals surface area (Å²) in [5.41, 5.74) is 4.34. The van der Waals surface area contributed by atoms with E-state index in [1.807, 2.05) is 69.3 Å². The van der Waals surface area contributed by atoms with Gasteiger partial charge in [0, 0.05) is 12.6 Å². The van der Waals surface area contributed by atoms with Gasteiger partial charge < -0.3 is 10.2 Å². The Bertz CT molecular complexity index is 838. The van der Waals surface area contributed by atoms with Crippen LogP contribution in [0.25, 0.3) is 0 Å². The lowest BCUT2D eigenvalue weighted by atomic mass is 10.0. The second kappa shape index (κ2) is 9.73. The van der Waals surface area contributed by atoms with Gasteiger partial charge in [0.2, 0.25) is 11.8 Å². The van der Waals surface area contributed by atoms with Crippen molar-refractivity contribution in [3.63, 3.8) is 0 Å². The number of amides is 2. The first-order valence-corrected chi connectivity index (χ1v) is 10.6. The van der Waals surface area contributed by atoms with E-state index < -0.39 is 6.04 Å². The van der Waals surface area contributed by atoms with E-state index in [1.54, 1.807) is 4.90 Å². The van der Waals surface area contributed by atoms with Crippen molar-refractivity contribution in [1.82, 2.24) is 10.2 Å². The monoisotopic (exact) mass is 392 g/mol. The molecule has 29 heavy (non-hydrogen) atoms. The minimum atomic E-state index is -0.506. The molecule has 1 saturated carbocycles. The third-order valence-corrected chi connectivity index (χ3v) is 5.95. The van der Waals surface area contributed by atoms with E-state index in [9.17, 15) is 9.59 Å². The van der Waals surface area contributed by atoms with E-state index >= 15 is 0 Å². The van der Waals surface area contributed by atoms with Crippen LogP contribution in [0.15, 0.2) is 48.5 Å². The van der Waals surface area contributed by atoms with Gasteiger partial charge in [0.1, 0.15) is 6.04 Å². The van der Waals surface area contributed by atoms with Gasteiger partial charge in [-0.25, -0.2) is 0 Å². The number of carbonyl (C=O) groups excluding carboxylic acids is 2. The first-order valence-electron chi connectivity index (χ1n) is 10.6. The molecule has 2 aromatic rings. The Kier molecular flexibility index (Phi) is 7.08. The molecule has 0 radical (unpaired) electrons. The predicted molar refractivity (Wildman–Crippen MR) is 116 cm³/mol. The molecule has 3 rings (SSSR count). The zero-order chi connectivity index (χ0) is 20.8. The molecule has 2 aromatic carbocycles. The first-order chi connectivity index (χ1) is 13.9. The highest BCUT2D eigenvalue weighted by Crippen LogP contribution is 2.19. The molecule has 0 saturated heterocycles. The van der Waals surface area contributed by atoms with Crippen molar-refractivity contribution in [3.8, 4) is 0 Å². The lowest BCUT2D eigenvalue weighted by molar-refractivity contribution is -0.140. The van der Waals surface area contributed by atoms with Crippen LogP contribution in [0.4, 0.5) is 0 Å². The van der Waals surface area contributed by atoms with E-state index in [4.69, 9.17) is 0 Å². The van der Waals surface area contributed by atoms with Crippen molar-refractivity contribution in [2.24, 2.45) is 0 Å². The van der Waals surface area contributed by atoms with Gasteiger partial charge in [0.25, 0.3) is 0 Å². The average Bonchev–Trinajstić information content (AvgIpc) is 3.21. The van der Waals surface area contributed by atoms with Gasteiger partial charge in [0.15, 0.2) is 0 Å². The molecular weight excluding hydrogens is 360 g/mol. The fourth-order valence-corrected chi connectivity index (χ4v) is 3.93. The Labute approximate surface area is 174 Å². The largest absolute Gasteiger partial charge is 0.352 e. The molecule has 1 atom stereocenters. The van der Waals surface area contributed by atoms with Gasteiger partial charge >= 0.3 is 0 Å². The molecule has 154 valence electrons. The number of nitrogens with one attached hydrogen (secondary N) is 1. The fourth-order valence-electron chi connectivity index (χ4n) is 3.93. The van der Waals surface area contributed by atoms with Gasteiger partial charge in [-0.15, -0.1) is 0 Å². The molecule has 2 amide bonds. The van der Waals surface area contributed by atoms with E-state index in [1.165, 1.54) is 18.4 Å². The number of aryl methyl sites for hydroxylation is 2. The number of hydrogen-bond donors (Lipinski definition) is 1. The number of rotatable bonds is 7. The summed E-state index contributed by atoms with van der Waals surface area (Å²) in [6.07, 6.45) is 4.70. The lowest BCUT2D eigenvalue weighted by Crippen LogP contribution is -2.50. The van der Waals surface area contributed by atoms with Crippen LogP contribution >= 0.6 is 0 Å². The van der Waals surface area contributed by atoms with Gasteiger partial charge in [-0.05, 0) is 50.3 Å². The number of nitrogens with zero attached hydrogens (tertiary/aromatic N) is 1. The van der Waals surface area contributed by atoms with Crippen molar-refractivity contribution < 1.29 is 9.59 Å². The molecule has 1 unspecified atom stereocenters. The van der Waals surface area contributed by atoms with Gasteiger partial charge in [-0.3, -0.25) is 9.59 Å². The van der Waals surface area contributed by atoms with Crippen LogP contribution in [0, 0.1) is 13.8 Å². The third kappa shape index (κ3) is 5.69. The first kappa shape index (κ1) is 21.1. The summed E-state index contributed by atoms with van der Waals surface area (Å²) in [6.45, 7) is 6.36. The van der Waals surface area contributed by atoms with Crippen LogP contribution in [-0.2, 0) is 22.6 Å². The van der Waals surface area contributed by atoms with Crippen LogP contribution in [0.1, 0.15) is 54.9 Å². The summed E-state index contributed by atoms with van der Waals surface area (Å²) in [5.74, 6) is -0.0751. The van der Waals surface area contributed by atoms with Crippen LogP contribution < -0.4 is 5.32 Å². The van der Waals surface area contributed by atoms with Crippen LogP contribution in [0.5, 0.6) is 0 Å².